The number of hydrogen-bond donors (Lipinski definition) is 2. The number of imidazole rings is 1. The van der Waals surface area contributed by atoms with Gasteiger partial charge in [-0.15, -0.1) is 0 Å². The van der Waals surface area contributed by atoms with E-state index in [0.717, 1.165) is 18.4 Å². The Morgan fingerprint density at radius 1 is 1.10 bits per heavy atom. The second-order valence-corrected chi connectivity index (χ2v) is 5.37. The highest BCUT2D eigenvalue weighted by Gasteiger charge is 2.29. The zero-order chi connectivity index (χ0) is 14.6. The van der Waals surface area contributed by atoms with Crippen molar-refractivity contribution in [3.63, 3.8) is 0 Å². The third-order valence-electron chi connectivity index (χ3n) is 3.79. The van der Waals surface area contributed by atoms with Gasteiger partial charge >= 0.3 is 0 Å². The molecule has 0 aliphatic heterocycles. The fourth-order valence-electron chi connectivity index (χ4n) is 2.67. The molecule has 1 aliphatic rings. The van der Waals surface area contributed by atoms with Crippen molar-refractivity contribution in [1.29, 1.82) is 0 Å². The van der Waals surface area contributed by atoms with E-state index >= 15 is 0 Å². The minimum absolute atomic E-state index is 0.00335. The molecule has 3 aromatic rings. The second-order valence-electron chi connectivity index (χ2n) is 5.37. The van der Waals surface area contributed by atoms with Crippen molar-refractivity contribution in [3.05, 3.63) is 42.2 Å². The van der Waals surface area contributed by atoms with Crippen molar-refractivity contribution >= 4 is 11.0 Å². The maximum Gasteiger partial charge on any atom is 0.145 e. The number of nitrogens with zero attached hydrogens (tertiary/aromatic N) is 2. The predicted octanol–water partition coefficient (Wildman–Crippen LogP) is 3.59. The van der Waals surface area contributed by atoms with E-state index in [4.69, 9.17) is 0 Å². The molecular weight excluding hydrogens is 271 g/mol. The van der Waals surface area contributed by atoms with E-state index in [2.05, 4.69) is 4.98 Å². The quantitative estimate of drug-likeness (QED) is 0.756. The minimum atomic E-state index is -0.329. The van der Waals surface area contributed by atoms with Crippen LogP contribution in [0.1, 0.15) is 18.9 Å². The molecule has 5 heteroatoms. The first-order chi connectivity index (χ1) is 10.1. The van der Waals surface area contributed by atoms with E-state index in [9.17, 15) is 14.6 Å². The Morgan fingerprint density at radius 3 is 2.62 bits per heavy atom. The van der Waals surface area contributed by atoms with Crippen LogP contribution < -0.4 is 0 Å². The van der Waals surface area contributed by atoms with Crippen LogP contribution in [0.4, 0.5) is 4.39 Å². The van der Waals surface area contributed by atoms with E-state index in [1.54, 1.807) is 12.1 Å². The van der Waals surface area contributed by atoms with E-state index in [1.165, 1.54) is 24.3 Å². The number of aromatic nitrogens is 2. The van der Waals surface area contributed by atoms with Gasteiger partial charge in [-0.05, 0) is 37.1 Å². The van der Waals surface area contributed by atoms with Gasteiger partial charge in [-0.2, -0.15) is 0 Å². The molecule has 0 radical (unpaired) electrons. The van der Waals surface area contributed by atoms with Crippen molar-refractivity contribution < 1.29 is 14.6 Å². The summed E-state index contributed by atoms with van der Waals surface area (Å²) in [6.07, 6.45) is 2.10. The monoisotopic (exact) mass is 284 g/mol. The Bertz CT molecular complexity index is 853. The lowest BCUT2D eigenvalue weighted by atomic mass is 10.2. The van der Waals surface area contributed by atoms with Crippen molar-refractivity contribution in [2.24, 2.45) is 0 Å². The third-order valence-corrected chi connectivity index (χ3v) is 3.79. The normalized spacial score (nSPS) is 14.7. The molecule has 4 rings (SSSR count). The molecule has 2 aromatic carbocycles. The highest BCUT2D eigenvalue weighted by Crippen LogP contribution is 2.43. The van der Waals surface area contributed by atoms with Crippen LogP contribution in [0.3, 0.4) is 0 Å². The molecule has 1 fully saturated rings. The summed E-state index contributed by atoms with van der Waals surface area (Å²) in [5, 5.41) is 19.5. The molecule has 0 unspecified atom stereocenters. The number of phenols is 2. The first-order valence-electron chi connectivity index (χ1n) is 6.83. The SMILES string of the molecule is Oc1ccc(-c2nc3cc(F)ccc3n2C2CC2)c(O)c1. The van der Waals surface area contributed by atoms with Crippen LogP contribution in [-0.2, 0) is 0 Å². The van der Waals surface area contributed by atoms with Crippen molar-refractivity contribution in [2.75, 3.05) is 0 Å². The van der Waals surface area contributed by atoms with Crippen LogP contribution in [0.5, 0.6) is 11.5 Å². The lowest BCUT2D eigenvalue weighted by molar-refractivity contribution is 0.451. The summed E-state index contributed by atoms with van der Waals surface area (Å²) in [6, 6.07) is 9.29. The first kappa shape index (κ1) is 12.2. The molecule has 0 saturated heterocycles. The number of aromatic hydroxyl groups is 2. The molecule has 0 atom stereocenters. The number of phenolic OH excluding ortho intramolecular Hbond substituents is 2. The molecule has 2 N–H and O–H groups in total. The van der Waals surface area contributed by atoms with Gasteiger partial charge < -0.3 is 14.8 Å². The molecule has 1 saturated carbocycles. The van der Waals surface area contributed by atoms with Gasteiger partial charge in [0.2, 0.25) is 0 Å². The average Bonchev–Trinajstić information content (AvgIpc) is 3.20. The molecule has 0 amide bonds. The van der Waals surface area contributed by atoms with Gasteiger partial charge in [0.25, 0.3) is 0 Å². The Balaban J connectivity index is 2.01. The Hall–Kier alpha value is -2.56. The molecular formula is C16H13FN2O2. The predicted molar refractivity (Wildman–Crippen MR) is 76.7 cm³/mol. The summed E-state index contributed by atoms with van der Waals surface area (Å²) < 4.78 is 15.4. The van der Waals surface area contributed by atoms with Crippen LogP contribution in [0, 0.1) is 5.82 Å². The second kappa shape index (κ2) is 4.22. The van der Waals surface area contributed by atoms with E-state index in [0.29, 0.717) is 22.9 Å². The number of fused-ring (bicyclic) bond motifs is 1. The largest absolute Gasteiger partial charge is 0.508 e. The minimum Gasteiger partial charge on any atom is -0.508 e. The fraction of sp³-hybridized carbons (Fsp3) is 0.188. The number of hydrogen-bond acceptors (Lipinski definition) is 3. The number of benzene rings is 2. The van der Waals surface area contributed by atoms with Crippen molar-refractivity contribution in [1.82, 2.24) is 9.55 Å². The topological polar surface area (TPSA) is 58.3 Å². The molecule has 1 aliphatic carbocycles. The third kappa shape index (κ3) is 1.93. The molecule has 106 valence electrons. The van der Waals surface area contributed by atoms with Gasteiger partial charge in [-0.3, -0.25) is 0 Å². The van der Waals surface area contributed by atoms with Gasteiger partial charge in [-0.1, -0.05) is 0 Å². The summed E-state index contributed by atoms with van der Waals surface area (Å²) in [6.45, 7) is 0. The summed E-state index contributed by atoms with van der Waals surface area (Å²) in [4.78, 5) is 4.48. The fourth-order valence-corrected chi connectivity index (χ4v) is 2.67. The van der Waals surface area contributed by atoms with Gasteiger partial charge in [0, 0.05) is 18.2 Å². The summed E-state index contributed by atoms with van der Waals surface area (Å²) in [5.74, 6) is 0.240. The van der Waals surface area contributed by atoms with Crippen LogP contribution in [0.15, 0.2) is 36.4 Å². The lowest BCUT2D eigenvalue weighted by Crippen LogP contribution is -1.97. The van der Waals surface area contributed by atoms with Crippen LogP contribution in [-0.4, -0.2) is 19.8 Å². The van der Waals surface area contributed by atoms with Crippen LogP contribution >= 0.6 is 0 Å². The number of halogens is 1. The Labute approximate surface area is 120 Å². The summed E-state index contributed by atoms with van der Waals surface area (Å²) in [7, 11) is 0. The maximum atomic E-state index is 13.4. The molecule has 0 bridgehead atoms. The van der Waals surface area contributed by atoms with E-state index in [-0.39, 0.29) is 17.3 Å². The Kier molecular flexibility index (Phi) is 2.45. The van der Waals surface area contributed by atoms with Crippen molar-refractivity contribution in [3.8, 4) is 22.9 Å². The highest BCUT2D eigenvalue weighted by atomic mass is 19.1. The van der Waals surface area contributed by atoms with E-state index < -0.39 is 0 Å². The summed E-state index contributed by atoms with van der Waals surface area (Å²) >= 11 is 0. The smallest absolute Gasteiger partial charge is 0.145 e. The molecule has 0 spiro atoms. The summed E-state index contributed by atoms with van der Waals surface area (Å²) in [5.41, 5.74) is 1.97. The first-order valence-corrected chi connectivity index (χ1v) is 6.83. The van der Waals surface area contributed by atoms with Crippen molar-refractivity contribution in [2.45, 2.75) is 18.9 Å². The highest BCUT2D eigenvalue weighted by molar-refractivity contribution is 5.82. The van der Waals surface area contributed by atoms with E-state index in [1.807, 2.05) is 4.57 Å². The van der Waals surface area contributed by atoms with Gasteiger partial charge in [-0.25, -0.2) is 9.37 Å². The van der Waals surface area contributed by atoms with Crippen LogP contribution in [0.25, 0.3) is 22.4 Å². The molecule has 21 heavy (non-hydrogen) atoms. The zero-order valence-corrected chi connectivity index (χ0v) is 11.1. The molecule has 1 aromatic heterocycles. The number of rotatable bonds is 2. The van der Waals surface area contributed by atoms with Crippen LogP contribution in [0.2, 0.25) is 0 Å². The lowest BCUT2D eigenvalue weighted by Gasteiger charge is -2.09. The maximum absolute atomic E-state index is 13.4. The molecule has 1 heterocycles. The average molecular weight is 284 g/mol. The van der Waals surface area contributed by atoms with Gasteiger partial charge in [0.1, 0.15) is 23.1 Å². The standard InChI is InChI=1S/C16H13FN2O2/c17-9-1-6-14-13(7-9)18-16(19(14)10-2-3-10)12-5-4-11(20)8-15(12)21/h1,4-8,10,20-21H,2-3H2. The zero-order valence-electron chi connectivity index (χ0n) is 11.1. The van der Waals surface area contributed by atoms with Gasteiger partial charge in [0.15, 0.2) is 0 Å². The Morgan fingerprint density at radius 2 is 1.90 bits per heavy atom. The van der Waals surface area contributed by atoms with Gasteiger partial charge in [0.05, 0.1) is 16.6 Å². The molecule has 4 nitrogen and oxygen atoms in total.